The number of nitrogens with zero attached hydrogens (tertiary/aromatic N) is 1. The highest BCUT2D eigenvalue weighted by Gasteiger charge is 2.14. The number of hydrogen-bond acceptors (Lipinski definition) is 2. The molecule has 0 aliphatic rings. The summed E-state index contributed by atoms with van der Waals surface area (Å²) in [6.45, 7) is 7.72. The molecule has 0 fully saturated rings. The maximum atomic E-state index is 11.0. The molecule has 0 heterocycles. The minimum absolute atomic E-state index is 0.208. The molecule has 2 aromatic carbocycles. The van der Waals surface area contributed by atoms with Crippen molar-refractivity contribution in [3.05, 3.63) is 73.8 Å². The second-order valence-electron chi connectivity index (χ2n) is 5.40. The van der Waals surface area contributed by atoms with Crippen molar-refractivity contribution in [3.8, 4) is 0 Å². The Bertz CT molecular complexity index is 687. The van der Waals surface area contributed by atoms with E-state index in [4.69, 9.17) is 0 Å². The fourth-order valence-electron chi connectivity index (χ4n) is 2.64. The van der Waals surface area contributed by atoms with Crippen molar-refractivity contribution >= 4 is 17.8 Å². The Balaban J connectivity index is 2.41. The van der Waals surface area contributed by atoms with Crippen LogP contribution in [0, 0.1) is 37.8 Å². The van der Waals surface area contributed by atoms with Crippen LogP contribution >= 0.6 is 0 Å². The predicted molar refractivity (Wildman–Crippen MR) is 87.4 cm³/mol. The first-order chi connectivity index (χ1) is 9.90. The Kier molecular flexibility index (Phi) is 4.22. The summed E-state index contributed by atoms with van der Waals surface area (Å²) >= 11 is 0. The molecule has 0 saturated carbocycles. The molecule has 0 aliphatic heterocycles. The largest absolute Gasteiger partial charge is 0.275 e. The van der Waals surface area contributed by atoms with Gasteiger partial charge in [0.15, 0.2) is 0 Å². The van der Waals surface area contributed by atoms with E-state index >= 15 is 0 Å². The third-order valence-corrected chi connectivity index (χ3v) is 3.68. The monoisotopic (exact) mass is 281 g/mol. The van der Waals surface area contributed by atoms with E-state index in [2.05, 4.69) is 32.1 Å². The lowest BCUT2D eigenvalue weighted by Crippen LogP contribution is -1.95. The molecule has 2 rings (SSSR count). The first-order valence-electron chi connectivity index (χ1n) is 6.90. The highest BCUT2D eigenvalue weighted by atomic mass is 16.6. The molecular formula is C18H19NO2. The molecule has 2 aromatic rings. The van der Waals surface area contributed by atoms with Crippen LogP contribution in [0.4, 0.5) is 5.69 Å². The normalized spacial score (nSPS) is 11.0. The average Bonchev–Trinajstić information content (AvgIpc) is 2.36. The van der Waals surface area contributed by atoms with E-state index < -0.39 is 0 Å². The fourth-order valence-corrected chi connectivity index (χ4v) is 2.64. The van der Waals surface area contributed by atoms with Crippen molar-refractivity contribution in [1.29, 1.82) is 0 Å². The summed E-state index contributed by atoms with van der Waals surface area (Å²) in [4.78, 5) is 10.7. The summed E-state index contributed by atoms with van der Waals surface area (Å²) in [5.41, 5.74) is 6.23. The number of nitro groups is 1. The van der Waals surface area contributed by atoms with Crippen LogP contribution in [0.5, 0.6) is 0 Å². The quantitative estimate of drug-likeness (QED) is 0.451. The van der Waals surface area contributed by atoms with Gasteiger partial charge in [0, 0.05) is 11.1 Å². The molecule has 3 nitrogen and oxygen atoms in total. The third kappa shape index (κ3) is 3.19. The summed E-state index contributed by atoms with van der Waals surface area (Å²) in [6, 6.07) is 9.92. The van der Waals surface area contributed by atoms with Crippen LogP contribution in [0.1, 0.15) is 33.4 Å². The second kappa shape index (κ2) is 5.92. The van der Waals surface area contributed by atoms with E-state index in [1.807, 2.05) is 24.3 Å². The van der Waals surface area contributed by atoms with Gasteiger partial charge in [0.2, 0.25) is 0 Å². The van der Waals surface area contributed by atoms with Crippen molar-refractivity contribution in [1.82, 2.24) is 0 Å². The van der Waals surface area contributed by atoms with Crippen LogP contribution in [-0.2, 0) is 0 Å². The topological polar surface area (TPSA) is 43.1 Å². The van der Waals surface area contributed by atoms with Gasteiger partial charge in [0.05, 0.1) is 4.92 Å². The molecule has 0 spiro atoms. The standard InChI is InChI=1S/C18H19NO2/c1-12-6-5-7-13(2)17(12)9-8-16-10-14(3)18(19(20)21)15(4)11-16/h5-11H,1-4H3/b9-8+. The Morgan fingerprint density at radius 2 is 1.43 bits per heavy atom. The van der Waals surface area contributed by atoms with Crippen LogP contribution in [0.25, 0.3) is 12.2 Å². The van der Waals surface area contributed by atoms with Crippen LogP contribution in [0.2, 0.25) is 0 Å². The molecule has 0 saturated heterocycles. The lowest BCUT2D eigenvalue weighted by atomic mass is 10.00. The van der Waals surface area contributed by atoms with Gasteiger partial charge in [0.1, 0.15) is 0 Å². The summed E-state index contributed by atoms with van der Waals surface area (Å²) in [5.74, 6) is 0. The number of rotatable bonds is 3. The van der Waals surface area contributed by atoms with Gasteiger partial charge in [-0.25, -0.2) is 0 Å². The zero-order valence-corrected chi connectivity index (χ0v) is 12.8. The van der Waals surface area contributed by atoms with Crippen molar-refractivity contribution < 1.29 is 4.92 Å². The van der Waals surface area contributed by atoms with Crippen molar-refractivity contribution in [2.45, 2.75) is 27.7 Å². The van der Waals surface area contributed by atoms with Gasteiger partial charge in [-0.15, -0.1) is 0 Å². The SMILES string of the molecule is Cc1cccc(C)c1/C=C/c1cc(C)c([N+](=O)[O-])c(C)c1. The van der Waals surface area contributed by atoms with Crippen molar-refractivity contribution in [2.75, 3.05) is 0 Å². The fraction of sp³-hybridized carbons (Fsp3) is 0.222. The van der Waals surface area contributed by atoms with Gasteiger partial charge in [-0.1, -0.05) is 30.4 Å². The molecule has 108 valence electrons. The summed E-state index contributed by atoms with van der Waals surface area (Å²) in [6.07, 6.45) is 4.09. The van der Waals surface area contributed by atoms with Gasteiger partial charge < -0.3 is 0 Å². The van der Waals surface area contributed by atoms with E-state index in [1.54, 1.807) is 13.8 Å². The first kappa shape index (κ1) is 15.0. The Labute approximate surface area is 125 Å². The molecule has 0 bridgehead atoms. The Morgan fingerprint density at radius 3 is 1.90 bits per heavy atom. The van der Waals surface area contributed by atoms with E-state index in [-0.39, 0.29) is 10.6 Å². The number of nitro benzene ring substituents is 1. The molecule has 21 heavy (non-hydrogen) atoms. The minimum Gasteiger partial charge on any atom is -0.258 e. The summed E-state index contributed by atoms with van der Waals surface area (Å²) in [7, 11) is 0. The van der Waals surface area contributed by atoms with Gasteiger partial charge in [-0.2, -0.15) is 0 Å². The molecule has 0 N–H and O–H groups in total. The maximum Gasteiger partial charge on any atom is 0.275 e. The third-order valence-electron chi connectivity index (χ3n) is 3.68. The Morgan fingerprint density at radius 1 is 0.905 bits per heavy atom. The zero-order chi connectivity index (χ0) is 15.6. The van der Waals surface area contributed by atoms with Gasteiger partial charge in [-0.3, -0.25) is 10.1 Å². The summed E-state index contributed by atoms with van der Waals surface area (Å²) in [5, 5.41) is 11.0. The summed E-state index contributed by atoms with van der Waals surface area (Å²) < 4.78 is 0. The molecule has 0 aliphatic carbocycles. The first-order valence-corrected chi connectivity index (χ1v) is 6.90. The highest BCUT2D eigenvalue weighted by Crippen LogP contribution is 2.25. The molecule has 0 atom stereocenters. The van der Waals surface area contributed by atoms with Crippen LogP contribution in [0.15, 0.2) is 30.3 Å². The molecule has 0 aromatic heterocycles. The van der Waals surface area contributed by atoms with Crippen LogP contribution in [-0.4, -0.2) is 4.92 Å². The van der Waals surface area contributed by atoms with Gasteiger partial charge in [-0.05, 0) is 62.1 Å². The zero-order valence-electron chi connectivity index (χ0n) is 12.8. The van der Waals surface area contributed by atoms with E-state index in [9.17, 15) is 10.1 Å². The molecule has 0 unspecified atom stereocenters. The van der Waals surface area contributed by atoms with E-state index in [1.165, 1.54) is 16.7 Å². The Hall–Kier alpha value is -2.42. The van der Waals surface area contributed by atoms with Gasteiger partial charge in [0.25, 0.3) is 5.69 Å². The lowest BCUT2D eigenvalue weighted by molar-refractivity contribution is -0.386. The van der Waals surface area contributed by atoms with Gasteiger partial charge >= 0.3 is 0 Å². The second-order valence-corrected chi connectivity index (χ2v) is 5.40. The van der Waals surface area contributed by atoms with Crippen molar-refractivity contribution in [3.63, 3.8) is 0 Å². The minimum atomic E-state index is -0.316. The molecular weight excluding hydrogens is 262 g/mol. The predicted octanol–water partition coefficient (Wildman–Crippen LogP) is 5.00. The lowest BCUT2D eigenvalue weighted by Gasteiger charge is -2.06. The van der Waals surface area contributed by atoms with Crippen LogP contribution < -0.4 is 0 Å². The van der Waals surface area contributed by atoms with Crippen LogP contribution in [0.3, 0.4) is 0 Å². The van der Waals surface area contributed by atoms with E-state index in [0.29, 0.717) is 11.1 Å². The number of hydrogen-bond donors (Lipinski definition) is 0. The smallest absolute Gasteiger partial charge is 0.258 e. The molecule has 0 radical (unpaired) electrons. The molecule has 0 amide bonds. The van der Waals surface area contributed by atoms with Crippen molar-refractivity contribution in [2.24, 2.45) is 0 Å². The highest BCUT2D eigenvalue weighted by molar-refractivity contribution is 5.74. The average molecular weight is 281 g/mol. The molecule has 3 heteroatoms. The number of benzene rings is 2. The van der Waals surface area contributed by atoms with E-state index in [0.717, 1.165) is 5.56 Å². The number of aryl methyl sites for hydroxylation is 4. The maximum absolute atomic E-state index is 11.0.